The van der Waals surface area contributed by atoms with E-state index in [1.807, 2.05) is 0 Å². The molecule has 0 aliphatic heterocycles. The SMILES string of the molecule is CCCCCCCCCCCCCCCCc1cc(Oc2ccc(S(=O)(=O)[O-])cc2)ccc1S(=O)(=O)[O-].[Na+].[Na+]. The monoisotopic (exact) mass is 598 g/mol. The molecule has 0 N–H and O–H groups in total. The molecule has 0 bridgehead atoms. The molecule has 2 rings (SSSR count). The second-order valence-corrected chi connectivity index (χ2v) is 12.3. The van der Waals surface area contributed by atoms with Crippen LogP contribution < -0.4 is 63.9 Å². The fourth-order valence-electron chi connectivity index (χ4n) is 4.38. The zero-order valence-electron chi connectivity index (χ0n) is 23.8. The van der Waals surface area contributed by atoms with E-state index in [1.54, 1.807) is 0 Å². The maximum Gasteiger partial charge on any atom is 1.00 e. The average molecular weight is 599 g/mol. The minimum Gasteiger partial charge on any atom is -0.744 e. The van der Waals surface area contributed by atoms with Gasteiger partial charge in [-0.25, -0.2) is 16.8 Å². The normalized spacial score (nSPS) is 11.5. The molecular weight excluding hydrogens is 558 g/mol. The van der Waals surface area contributed by atoms with Gasteiger partial charge in [-0.3, -0.25) is 0 Å². The Morgan fingerprint density at radius 2 is 1.03 bits per heavy atom. The molecule has 0 fully saturated rings. The summed E-state index contributed by atoms with van der Waals surface area (Å²) in [5.41, 5.74) is 0.408. The van der Waals surface area contributed by atoms with E-state index >= 15 is 0 Å². The number of ether oxygens (including phenoxy) is 1. The van der Waals surface area contributed by atoms with Crippen molar-refractivity contribution in [2.75, 3.05) is 0 Å². The van der Waals surface area contributed by atoms with Gasteiger partial charge in [-0.15, -0.1) is 0 Å². The van der Waals surface area contributed by atoms with E-state index in [0.717, 1.165) is 37.8 Å². The molecule has 0 heterocycles. The van der Waals surface area contributed by atoms with Crippen molar-refractivity contribution in [3.05, 3.63) is 48.0 Å². The van der Waals surface area contributed by atoms with Crippen molar-refractivity contribution >= 4 is 20.2 Å². The fraction of sp³-hybridized carbons (Fsp3) is 0.571. The van der Waals surface area contributed by atoms with Gasteiger partial charge in [-0.1, -0.05) is 90.4 Å². The third kappa shape index (κ3) is 16.3. The van der Waals surface area contributed by atoms with Gasteiger partial charge >= 0.3 is 59.1 Å². The van der Waals surface area contributed by atoms with Crippen molar-refractivity contribution in [2.45, 2.75) is 113 Å². The molecule has 0 amide bonds. The van der Waals surface area contributed by atoms with Crippen LogP contribution in [0.2, 0.25) is 0 Å². The van der Waals surface area contributed by atoms with Crippen LogP contribution in [0, 0.1) is 0 Å². The predicted molar refractivity (Wildman–Crippen MR) is 143 cm³/mol. The minimum absolute atomic E-state index is 0. The molecule has 11 heteroatoms. The van der Waals surface area contributed by atoms with E-state index in [2.05, 4.69) is 6.92 Å². The Kier molecular flexibility index (Phi) is 20.9. The molecular formula is C28H40Na2O7S2. The summed E-state index contributed by atoms with van der Waals surface area (Å²) in [6.45, 7) is 2.24. The molecule has 0 atom stereocenters. The van der Waals surface area contributed by atoms with Gasteiger partial charge in [0, 0.05) is 0 Å². The summed E-state index contributed by atoms with van der Waals surface area (Å²) in [5.74, 6) is 0.609. The summed E-state index contributed by atoms with van der Waals surface area (Å²) < 4.78 is 74.1. The van der Waals surface area contributed by atoms with Crippen LogP contribution in [0.25, 0.3) is 0 Å². The molecule has 0 unspecified atom stereocenters. The summed E-state index contributed by atoms with van der Waals surface area (Å²) >= 11 is 0. The summed E-state index contributed by atoms with van der Waals surface area (Å²) in [6.07, 6.45) is 17.5. The zero-order valence-corrected chi connectivity index (χ0v) is 29.5. The first-order valence-electron chi connectivity index (χ1n) is 13.4. The number of rotatable bonds is 19. The predicted octanol–water partition coefficient (Wildman–Crippen LogP) is 1.32. The fourth-order valence-corrected chi connectivity index (χ4v) is 5.57. The maximum atomic E-state index is 11.7. The van der Waals surface area contributed by atoms with E-state index in [-0.39, 0.29) is 74.7 Å². The molecule has 0 aliphatic carbocycles. The number of unbranched alkanes of at least 4 members (excludes halogenated alkanes) is 13. The van der Waals surface area contributed by atoms with Crippen molar-refractivity contribution in [3.63, 3.8) is 0 Å². The molecule has 2 aromatic carbocycles. The van der Waals surface area contributed by atoms with Gasteiger partial charge in [-0.05, 0) is 60.9 Å². The molecule has 208 valence electrons. The van der Waals surface area contributed by atoms with Crippen molar-refractivity contribution in [1.82, 2.24) is 0 Å². The summed E-state index contributed by atoms with van der Waals surface area (Å²) in [5, 5.41) is 0. The summed E-state index contributed by atoms with van der Waals surface area (Å²) in [6, 6.07) is 9.14. The third-order valence-corrected chi connectivity index (χ3v) is 8.24. The van der Waals surface area contributed by atoms with Gasteiger partial charge in [0.25, 0.3) is 0 Å². The van der Waals surface area contributed by atoms with Gasteiger partial charge in [0.1, 0.15) is 31.7 Å². The molecule has 0 aliphatic rings. The second-order valence-electron chi connectivity index (χ2n) is 9.60. The molecule has 0 radical (unpaired) electrons. The van der Waals surface area contributed by atoms with Crippen LogP contribution in [0.4, 0.5) is 0 Å². The smallest absolute Gasteiger partial charge is 0.744 e. The number of aryl methyl sites for hydroxylation is 1. The first kappa shape index (κ1) is 39.1. The Bertz CT molecular complexity index is 1150. The van der Waals surface area contributed by atoms with E-state index in [1.165, 1.54) is 94.5 Å². The molecule has 7 nitrogen and oxygen atoms in total. The maximum absolute atomic E-state index is 11.7. The van der Waals surface area contributed by atoms with Crippen LogP contribution in [0.5, 0.6) is 11.5 Å². The van der Waals surface area contributed by atoms with Crippen LogP contribution in [-0.2, 0) is 26.7 Å². The molecule has 0 aromatic heterocycles. The van der Waals surface area contributed by atoms with Gasteiger partial charge in [0.05, 0.1) is 9.79 Å². The van der Waals surface area contributed by atoms with Crippen molar-refractivity contribution in [2.24, 2.45) is 0 Å². The van der Waals surface area contributed by atoms with Gasteiger partial charge in [0.2, 0.25) is 0 Å². The Hall–Kier alpha value is 0.0600. The first-order chi connectivity index (χ1) is 17.6. The average Bonchev–Trinajstić information content (AvgIpc) is 2.83. The largest absolute Gasteiger partial charge is 1.00 e. The Balaban J connectivity index is 0.00000722. The quantitative estimate of drug-likeness (QED) is 0.136. The third-order valence-electron chi connectivity index (χ3n) is 6.45. The molecule has 0 saturated carbocycles. The van der Waals surface area contributed by atoms with Crippen LogP contribution in [-0.4, -0.2) is 25.9 Å². The molecule has 0 spiro atoms. The number of hydrogen-bond acceptors (Lipinski definition) is 7. The van der Waals surface area contributed by atoms with Crippen molar-refractivity contribution in [1.29, 1.82) is 0 Å². The van der Waals surface area contributed by atoms with Crippen LogP contribution in [0.3, 0.4) is 0 Å². The van der Waals surface area contributed by atoms with Gasteiger partial charge in [0.15, 0.2) is 0 Å². The Morgan fingerprint density at radius 3 is 1.46 bits per heavy atom. The van der Waals surface area contributed by atoms with Crippen LogP contribution in [0.1, 0.15) is 102 Å². The molecule has 2 aromatic rings. The van der Waals surface area contributed by atoms with E-state index in [9.17, 15) is 25.9 Å². The molecule has 0 saturated heterocycles. The number of hydrogen-bond donors (Lipinski definition) is 0. The summed E-state index contributed by atoms with van der Waals surface area (Å²) in [4.78, 5) is -0.617. The van der Waals surface area contributed by atoms with E-state index < -0.39 is 20.2 Å². The van der Waals surface area contributed by atoms with Gasteiger partial charge in [-0.2, -0.15) is 0 Å². The Morgan fingerprint density at radius 1 is 0.590 bits per heavy atom. The second kappa shape index (κ2) is 20.9. The zero-order chi connectivity index (χ0) is 27.2. The standard InChI is InChI=1S/C28H42O7S2.2Na/c1-2-3-4-5-6-7-8-9-10-11-12-13-14-15-16-24-23-26(19-22-28(24)37(32,33)34)35-25-17-20-27(21-18-25)36(29,30)31;;/h17-23H,2-16H2,1H3,(H,29,30,31)(H,32,33,34);;/q;2*+1/p-2. The van der Waals surface area contributed by atoms with E-state index in [0.29, 0.717) is 17.7 Å². The van der Waals surface area contributed by atoms with Crippen molar-refractivity contribution < 1.29 is 89.8 Å². The molecule has 39 heavy (non-hydrogen) atoms. The Labute approximate surface area is 280 Å². The van der Waals surface area contributed by atoms with Crippen LogP contribution >= 0.6 is 0 Å². The van der Waals surface area contributed by atoms with E-state index in [4.69, 9.17) is 4.74 Å². The number of benzene rings is 2. The topological polar surface area (TPSA) is 124 Å². The first-order valence-corrected chi connectivity index (χ1v) is 16.3. The summed E-state index contributed by atoms with van der Waals surface area (Å²) in [7, 11) is -9.18. The van der Waals surface area contributed by atoms with Crippen LogP contribution in [0.15, 0.2) is 52.3 Å². The van der Waals surface area contributed by atoms with Crippen molar-refractivity contribution in [3.8, 4) is 11.5 Å². The minimum atomic E-state index is -4.62. The van der Waals surface area contributed by atoms with Gasteiger partial charge < -0.3 is 13.8 Å².